The van der Waals surface area contributed by atoms with E-state index >= 15 is 0 Å². The summed E-state index contributed by atoms with van der Waals surface area (Å²) in [4.78, 5) is 31.3. The molecule has 108 valence electrons. The molecule has 0 radical (unpaired) electrons. The zero-order valence-electron chi connectivity index (χ0n) is 12.2. The first-order chi connectivity index (χ1) is 9.34. The van der Waals surface area contributed by atoms with Crippen molar-refractivity contribution in [2.24, 2.45) is 10.4 Å². The summed E-state index contributed by atoms with van der Waals surface area (Å²) in [5.74, 6) is 0.774. The minimum Gasteiger partial charge on any atom is -0.482 e. The Labute approximate surface area is 117 Å². The number of aromatic nitrogens is 1. The zero-order valence-corrected chi connectivity index (χ0v) is 12.2. The Morgan fingerprint density at radius 1 is 1.50 bits per heavy atom. The molecule has 0 aliphatic carbocycles. The molecule has 6 nitrogen and oxygen atoms in total. The number of fused-ring (bicyclic) bond motifs is 1. The van der Waals surface area contributed by atoms with Gasteiger partial charge >= 0.3 is 0 Å². The number of nitrogens with one attached hydrogen (secondary N) is 2. The van der Waals surface area contributed by atoms with Gasteiger partial charge in [-0.3, -0.25) is 9.59 Å². The monoisotopic (exact) mass is 277 g/mol. The molecule has 6 heteroatoms. The van der Waals surface area contributed by atoms with Crippen molar-refractivity contribution < 1.29 is 9.53 Å². The molecule has 0 atom stereocenters. The van der Waals surface area contributed by atoms with Crippen molar-refractivity contribution in [3.8, 4) is 5.88 Å². The number of aliphatic imine (C=N–C) groups is 1. The lowest BCUT2D eigenvalue weighted by atomic mass is 9.95. The first-order valence-corrected chi connectivity index (χ1v) is 6.47. The van der Waals surface area contributed by atoms with Crippen LogP contribution in [0.2, 0.25) is 0 Å². The van der Waals surface area contributed by atoms with Crippen LogP contribution >= 0.6 is 0 Å². The van der Waals surface area contributed by atoms with E-state index in [0.717, 1.165) is 0 Å². The van der Waals surface area contributed by atoms with Gasteiger partial charge in [-0.05, 0) is 0 Å². The quantitative estimate of drug-likeness (QED) is 0.873. The molecule has 0 saturated heterocycles. The highest BCUT2D eigenvalue weighted by Gasteiger charge is 2.23. The predicted molar refractivity (Wildman–Crippen MR) is 76.8 cm³/mol. The number of pyridine rings is 1. The van der Waals surface area contributed by atoms with Crippen LogP contribution in [0, 0.1) is 5.41 Å². The molecule has 1 aromatic rings. The average Bonchev–Trinajstić information content (AvgIpc) is 2.84. The largest absolute Gasteiger partial charge is 0.482 e. The van der Waals surface area contributed by atoms with Crippen LogP contribution < -0.4 is 15.5 Å². The molecule has 2 rings (SSSR count). The number of carbonyl (C=O) groups excluding carboxylic acids is 1. The molecular formula is C14H19N3O3. The first kappa shape index (κ1) is 14.3. The summed E-state index contributed by atoms with van der Waals surface area (Å²) in [5, 5.41) is 2.77. The van der Waals surface area contributed by atoms with Crippen LogP contribution in [0.4, 0.5) is 5.82 Å². The second-order valence-electron chi connectivity index (χ2n) is 5.74. The maximum atomic E-state index is 12.4. The number of hydrogen-bond donors (Lipinski definition) is 2. The van der Waals surface area contributed by atoms with Crippen molar-refractivity contribution in [1.82, 2.24) is 10.3 Å². The summed E-state index contributed by atoms with van der Waals surface area (Å²) in [7, 11) is 1.48. The maximum absolute atomic E-state index is 12.4. The molecule has 2 heterocycles. The number of ether oxygens (including phenoxy) is 1. The number of methoxy groups -OCH3 is 1. The van der Waals surface area contributed by atoms with Crippen molar-refractivity contribution >= 4 is 17.9 Å². The minimum atomic E-state index is -0.500. The van der Waals surface area contributed by atoms with Gasteiger partial charge in [-0.25, -0.2) is 4.99 Å². The average molecular weight is 277 g/mol. The van der Waals surface area contributed by atoms with E-state index < -0.39 is 5.41 Å². The van der Waals surface area contributed by atoms with Crippen molar-refractivity contribution in [3.05, 3.63) is 21.4 Å². The van der Waals surface area contributed by atoms with Gasteiger partial charge in [0.25, 0.3) is 0 Å². The van der Waals surface area contributed by atoms with Gasteiger partial charge in [0, 0.05) is 23.6 Å². The van der Waals surface area contributed by atoms with Crippen LogP contribution in [0.3, 0.4) is 0 Å². The molecule has 0 unspecified atom stereocenters. The van der Waals surface area contributed by atoms with Crippen molar-refractivity contribution in [1.29, 1.82) is 0 Å². The van der Waals surface area contributed by atoms with Gasteiger partial charge in [-0.15, -0.1) is 0 Å². The van der Waals surface area contributed by atoms with E-state index in [9.17, 15) is 9.59 Å². The Bertz CT molecular complexity index is 624. The third-order valence-corrected chi connectivity index (χ3v) is 3.17. The molecule has 1 aliphatic heterocycles. The number of nitrogens with zero attached hydrogens (tertiary/aromatic N) is 1. The summed E-state index contributed by atoms with van der Waals surface area (Å²) in [6, 6.07) is 0. The van der Waals surface area contributed by atoms with E-state index in [0.29, 0.717) is 29.2 Å². The number of rotatable bonds is 3. The Morgan fingerprint density at radius 2 is 2.20 bits per heavy atom. The lowest BCUT2D eigenvalue weighted by Crippen LogP contribution is -2.36. The highest BCUT2D eigenvalue weighted by molar-refractivity contribution is 5.81. The third kappa shape index (κ3) is 2.59. The number of carbonyl (C=O) groups is 1. The summed E-state index contributed by atoms with van der Waals surface area (Å²) >= 11 is 0. The lowest BCUT2D eigenvalue weighted by Gasteiger charge is -2.18. The smallest absolute Gasteiger partial charge is 0.225 e. The number of amides is 1. The van der Waals surface area contributed by atoms with Crippen LogP contribution in [0.1, 0.15) is 31.9 Å². The lowest BCUT2D eigenvalue weighted by molar-refractivity contribution is -0.128. The molecule has 20 heavy (non-hydrogen) atoms. The maximum Gasteiger partial charge on any atom is 0.225 e. The van der Waals surface area contributed by atoms with Crippen LogP contribution in [-0.4, -0.2) is 24.2 Å². The van der Waals surface area contributed by atoms with Crippen LogP contribution in [-0.2, 0) is 17.8 Å². The number of aromatic amines is 1. The molecule has 0 saturated carbocycles. The molecule has 0 aromatic carbocycles. The van der Waals surface area contributed by atoms with E-state index in [2.05, 4.69) is 15.3 Å². The van der Waals surface area contributed by atoms with Gasteiger partial charge in [0.2, 0.25) is 11.8 Å². The number of H-pyrrole nitrogens is 1. The second-order valence-corrected chi connectivity index (χ2v) is 5.74. The molecule has 0 bridgehead atoms. The molecule has 0 fully saturated rings. The molecular weight excluding hydrogens is 258 g/mol. The Hall–Kier alpha value is -2.11. The third-order valence-electron chi connectivity index (χ3n) is 3.17. The Morgan fingerprint density at radius 3 is 2.80 bits per heavy atom. The standard InChI is InChI=1S/C14H19N3O3/c1-14(2,3)13(19)16-7-9-10(18)8-5-6-15-11(8)17-12(9)20-4/h6H,5,7H2,1-4H3,(H,16,19)(H,17,18). The second kappa shape index (κ2) is 5.11. The number of hydrogen-bond acceptors (Lipinski definition) is 4. The van der Waals surface area contributed by atoms with Crippen LogP contribution in [0.25, 0.3) is 0 Å². The van der Waals surface area contributed by atoms with E-state index in [1.807, 2.05) is 20.8 Å². The van der Waals surface area contributed by atoms with Gasteiger partial charge < -0.3 is 15.0 Å². The van der Waals surface area contributed by atoms with Gasteiger partial charge in [-0.2, -0.15) is 0 Å². The van der Waals surface area contributed by atoms with Gasteiger partial charge in [0.1, 0.15) is 5.82 Å². The van der Waals surface area contributed by atoms with E-state index in [4.69, 9.17) is 4.74 Å². The highest BCUT2D eigenvalue weighted by Crippen LogP contribution is 2.24. The topological polar surface area (TPSA) is 83.5 Å². The van der Waals surface area contributed by atoms with Crippen LogP contribution in [0.5, 0.6) is 5.88 Å². The van der Waals surface area contributed by atoms with E-state index in [1.165, 1.54) is 7.11 Å². The first-order valence-electron chi connectivity index (χ1n) is 6.47. The summed E-state index contributed by atoms with van der Waals surface area (Å²) in [5.41, 5.74) is 0.419. The fourth-order valence-corrected chi connectivity index (χ4v) is 1.95. The van der Waals surface area contributed by atoms with Crippen molar-refractivity contribution in [3.63, 3.8) is 0 Å². The zero-order chi connectivity index (χ0) is 14.9. The molecule has 1 aromatic heterocycles. The SMILES string of the molecule is COc1[nH]c2c(c(=O)c1CNC(=O)C(C)(C)C)CC=N2. The molecule has 1 amide bonds. The van der Waals surface area contributed by atoms with Crippen molar-refractivity contribution in [2.75, 3.05) is 7.11 Å². The molecule has 2 N–H and O–H groups in total. The predicted octanol–water partition coefficient (Wildman–Crippen LogP) is 1.30. The Balaban J connectivity index is 2.29. The normalized spacial score (nSPS) is 13.2. The van der Waals surface area contributed by atoms with Crippen molar-refractivity contribution in [2.45, 2.75) is 33.7 Å². The van der Waals surface area contributed by atoms with Crippen LogP contribution in [0.15, 0.2) is 9.79 Å². The van der Waals surface area contributed by atoms with Gasteiger partial charge in [0.05, 0.1) is 19.2 Å². The summed E-state index contributed by atoms with van der Waals surface area (Å²) < 4.78 is 5.19. The fraction of sp³-hybridized carbons (Fsp3) is 0.500. The van der Waals surface area contributed by atoms with E-state index in [1.54, 1.807) is 6.21 Å². The molecule has 0 spiro atoms. The summed E-state index contributed by atoms with van der Waals surface area (Å²) in [6.07, 6.45) is 2.19. The minimum absolute atomic E-state index is 0.115. The molecule has 1 aliphatic rings. The van der Waals surface area contributed by atoms with Gasteiger partial charge in [-0.1, -0.05) is 20.8 Å². The van der Waals surface area contributed by atoms with Gasteiger partial charge in [0.15, 0.2) is 5.43 Å². The Kier molecular flexibility index (Phi) is 3.65. The highest BCUT2D eigenvalue weighted by atomic mass is 16.5. The fourth-order valence-electron chi connectivity index (χ4n) is 1.95. The van der Waals surface area contributed by atoms with E-state index in [-0.39, 0.29) is 17.9 Å². The summed E-state index contributed by atoms with van der Waals surface area (Å²) in [6.45, 7) is 5.60.